The monoisotopic (exact) mass is 524 g/mol. The van der Waals surface area contributed by atoms with Crippen LogP contribution >= 0.6 is 23.2 Å². The standard InChI is InChI=1S/C28H42Cl2N2O3/c1-2-14-34-16-9-10-17-35-15-8-4-7-13-24(18-22-11-5-3-6-12-22)32-21-27(33)23-19-25(29)28(31)26(30)20-23/h3,5-6,11-12,19-20,24,27,32-33H,2,4,7-10,13-18,21,31H2,1H3. The molecule has 0 fully saturated rings. The highest BCUT2D eigenvalue weighted by Gasteiger charge is 2.15. The molecule has 7 heteroatoms. The lowest BCUT2D eigenvalue weighted by atomic mass is 9.99. The molecule has 196 valence electrons. The average molecular weight is 526 g/mol. The Morgan fingerprint density at radius 1 is 0.886 bits per heavy atom. The Bertz CT molecular complexity index is 800. The van der Waals surface area contributed by atoms with Crippen LogP contribution in [0.3, 0.4) is 0 Å². The molecule has 0 aliphatic rings. The molecule has 0 aliphatic heterocycles. The predicted molar refractivity (Wildman–Crippen MR) is 147 cm³/mol. The van der Waals surface area contributed by atoms with Crippen LogP contribution in [-0.2, 0) is 15.9 Å². The van der Waals surface area contributed by atoms with Gasteiger partial charge in [-0.05, 0) is 61.8 Å². The van der Waals surface area contributed by atoms with Gasteiger partial charge < -0.3 is 25.6 Å². The molecule has 2 rings (SSSR count). The van der Waals surface area contributed by atoms with E-state index in [2.05, 4.69) is 36.5 Å². The third-order valence-electron chi connectivity index (χ3n) is 5.93. The van der Waals surface area contributed by atoms with Gasteiger partial charge >= 0.3 is 0 Å². The second-order valence-corrected chi connectivity index (χ2v) is 9.80. The van der Waals surface area contributed by atoms with Gasteiger partial charge in [-0.2, -0.15) is 0 Å². The van der Waals surface area contributed by atoms with Crippen LogP contribution in [0.5, 0.6) is 0 Å². The number of hydrogen-bond acceptors (Lipinski definition) is 5. The van der Waals surface area contributed by atoms with Crippen LogP contribution < -0.4 is 11.1 Å². The lowest BCUT2D eigenvalue weighted by Crippen LogP contribution is -2.34. The first-order chi connectivity index (χ1) is 17.0. The topological polar surface area (TPSA) is 76.7 Å². The van der Waals surface area contributed by atoms with E-state index in [-0.39, 0.29) is 6.04 Å². The Kier molecular flexibility index (Phi) is 15.4. The van der Waals surface area contributed by atoms with Crippen molar-refractivity contribution in [2.24, 2.45) is 0 Å². The summed E-state index contributed by atoms with van der Waals surface area (Å²) in [6.07, 6.45) is 7.71. The second-order valence-electron chi connectivity index (χ2n) is 8.99. The van der Waals surface area contributed by atoms with Gasteiger partial charge in [0.2, 0.25) is 0 Å². The number of rotatable bonds is 19. The van der Waals surface area contributed by atoms with Crippen LogP contribution in [0.25, 0.3) is 0 Å². The zero-order valence-electron chi connectivity index (χ0n) is 21.0. The number of nitrogens with one attached hydrogen (secondary N) is 1. The Morgan fingerprint density at radius 2 is 1.49 bits per heavy atom. The second kappa shape index (κ2) is 18.0. The van der Waals surface area contributed by atoms with Gasteiger partial charge in [0.1, 0.15) is 0 Å². The number of anilines is 1. The number of ether oxygens (including phenoxy) is 2. The largest absolute Gasteiger partial charge is 0.396 e. The zero-order valence-corrected chi connectivity index (χ0v) is 22.5. The van der Waals surface area contributed by atoms with E-state index < -0.39 is 6.10 Å². The van der Waals surface area contributed by atoms with Gasteiger partial charge in [0.15, 0.2) is 0 Å². The first kappa shape index (κ1) is 29.9. The van der Waals surface area contributed by atoms with Crippen LogP contribution in [0.15, 0.2) is 42.5 Å². The van der Waals surface area contributed by atoms with E-state index in [4.69, 9.17) is 38.4 Å². The summed E-state index contributed by atoms with van der Waals surface area (Å²) in [4.78, 5) is 0. The van der Waals surface area contributed by atoms with Gasteiger partial charge in [0, 0.05) is 39.0 Å². The summed E-state index contributed by atoms with van der Waals surface area (Å²) >= 11 is 12.3. The molecule has 0 amide bonds. The fourth-order valence-electron chi connectivity index (χ4n) is 3.90. The summed E-state index contributed by atoms with van der Waals surface area (Å²) in [5, 5.41) is 15.0. The van der Waals surface area contributed by atoms with E-state index in [0.29, 0.717) is 27.8 Å². The van der Waals surface area contributed by atoms with E-state index in [1.54, 1.807) is 12.1 Å². The van der Waals surface area contributed by atoms with Crippen LogP contribution in [0.1, 0.15) is 69.1 Å². The summed E-state index contributed by atoms with van der Waals surface area (Å²) in [5.74, 6) is 0. The Labute approximate surface area is 221 Å². The van der Waals surface area contributed by atoms with Crippen molar-refractivity contribution in [1.82, 2.24) is 5.32 Å². The molecule has 0 aliphatic carbocycles. The number of nitrogens with two attached hydrogens (primary N) is 1. The summed E-state index contributed by atoms with van der Waals surface area (Å²) in [5.41, 5.74) is 8.10. The van der Waals surface area contributed by atoms with Crippen LogP contribution in [0.2, 0.25) is 10.0 Å². The van der Waals surface area contributed by atoms with E-state index in [1.807, 2.05) is 6.07 Å². The third-order valence-corrected chi connectivity index (χ3v) is 6.55. The molecule has 2 aromatic rings. The Hall–Kier alpha value is -1.34. The Balaban J connectivity index is 1.71. The number of aliphatic hydroxyl groups excluding tert-OH is 1. The van der Waals surface area contributed by atoms with Crippen molar-refractivity contribution in [3.63, 3.8) is 0 Å². The molecule has 0 bridgehead atoms. The summed E-state index contributed by atoms with van der Waals surface area (Å²) < 4.78 is 11.3. The molecule has 0 spiro atoms. The number of aliphatic hydroxyl groups is 1. The maximum atomic E-state index is 10.7. The molecule has 2 aromatic carbocycles. The minimum atomic E-state index is -0.718. The van der Waals surface area contributed by atoms with Crippen LogP contribution in [0.4, 0.5) is 5.69 Å². The maximum absolute atomic E-state index is 10.7. The average Bonchev–Trinajstić information content (AvgIpc) is 2.86. The first-order valence-corrected chi connectivity index (χ1v) is 13.6. The van der Waals surface area contributed by atoms with Crippen molar-refractivity contribution in [3.05, 3.63) is 63.6 Å². The Morgan fingerprint density at radius 3 is 2.11 bits per heavy atom. The summed E-state index contributed by atoms with van der Waals surface area (Å²) in [6.45, 7) is 5.85. The van der Waals surface area contributed by atoms with Gasteiger partial charge in [0.05, 0.1) is 21.8 Å². The molecule has 4 N–H and O–H groups in total. The maximum Gasteiger partial charge on any atom is 0.0915 e. The van der Waals surface area contributed by atoms with Crippen LogP contribution in [0, 0.1) is 0 Å². The predicted octanol–water partition coefficient (Wildman–Crippen LogP) is 6.59. The molecule has 2 atom stereocenters. The fourth-order valence-corrected chi connectivity index (χ4v) is 4.40. The number of nitrogen functional groups attached to an aromatic ring is 1. The van der Waals surface area contributed by atoms with Gasteiger partial charge in [-0.15, -0.1) is 0 Å². The lowest BCUT2D eigenvalue weighted by molar-refractivity contribution is 0.101. The third kappa shape index (κ3) is 12.4. The summed E-state index contributed by atoms with van der Waals surface area (Å²) in [6, 6.07) is 14.1. The molecule has 2 unspecified atom stereocenters. The normalized spacial score (nSPS) is 13.1. The van der Waals surface area contributed by atoms with Crippen LogP contribution in [-0.4, -0.2) is 44.1 Å². The molecule has 0 aromatic heterocycles. The van der Waals surface area contributed by atoms with E-state index in [9.17, 15) is 5.11 Å². The smallest absolute Gasteiger partial charge is 0.0915 e. The summed E-state index contributed by atoms with van der Waals surface area (Å²) in [7, 11) is 0. The number of unbranched alkanes of at least 4 members (excludes halogenated alkanes) is 3. The van der Waals surface area contributed by atoms with E-state index in [1.165, 1.54) is 5.56 Å². The number of hydrogen-bond donors (Lipinski definition) is 3. The molecular formula is C28H42Cl2N2O3. The highest BCUT2D eigenvalue weighted by Crippen LogP contribution is 2.31. The van der Waals surface area contributed by atoms with Gasteiger partial charge in [0.25, 0.3) is 0 Å². The lowest BCUT2D eigenvalue weighted by Gasteiger charge is -2.22. The first-order valence-electron chi connectivity index (χ1n) is 12.9. The molecule has 0 heterocycles. The highest BCUT2D eigenvalue weighted by molar-refractivity contribution is 6.38. The molecule has 0 radical (unpaired) electrons. The number of halogens is 2. The SMILES string of the molecule is CCCOCCCCOCCCCCC(Cc1ccccc1)NCC(O)c1cc(Cl)c(N)c(Cl)c1. The quantitative estimate of drug-likeness (QED) is 0.142. The minimum absolute atomic E-state index is 0.260. The molecule has 35 heavy (non-hydrogen) atoms. The van der Waals surface area contributed by atoms with E-state index in [0.717, 1.165) is 77.8 Å². The van der Waals surface area contributed by atoms with Crippen molar-refractivity contribution in [3.8, 4) is 0 Å². The molecule has 0 saturated carbocycles. The zero-order chi connectivity index (χ0) is 25.3. The van der Waals surface area contributed by atoms with Gasteiger partial charge in [-0.3, -0.25) is 0 Å². The van der Waals surface area contributed by atoms with Crippen molar-refractivity contribution in [2.45, 2.75) is 70.4 Å². The minimum Gasteiger partial charge on any atom is -0.396 e. The van der Waals surface area contributed by atoms with Crippen molar-refractivity contribution in [2.75, 3.05) is 38.7 Å². The molecule has 5 nitrogen and oxygen atoms in total. The molecular weight excluding hydrogens is 483 g/mol. The van der Waals surface area contributed by atoms with E-state index >= 15 is 0 Å². The number of benzene rings is 2. The van der Waals surface area contributed by atoms with Crippen molar-refractivity contribution >= 4 is 28.9 Å². The molecule has 0 saturated heterocycles. The van der Waals surface area contributed by atoms with Gasteiger partial charge in [-0.25, -0.2) is 0 Å². The van der Waals surface area contributed by atoms with Crippen molar-refractivity contribution in [1.29, 1.82) is 0 Å². The van der Waals surface area contributed by atoms with Crippen molar-refractivity contribution < 1.29 is 14.6 Å². The highest BCUT2D eigenvalue weighted by atomic mass is 35.5. The fraction of sp³-hybridized carbons (Fsp3) is 0.571. The van der Waals surface area contributed by atoms with Gasteiger partial charge in [-0.1, -0.05) is 73.3 Å².